The maximum absolute atomic E-state index is 5.17. The molecular formula is C46H24N4. The highest BCUT2D eigenvalue weighted by atomic mass is 15.0. The van der Waals surface area contributed by atoms with E-state index in [1.807, 2.05) is 12.1 Å². The number of rotatable bonds is 1. The minimum absolute atomic E-state index is 0.922. The van der Waals surface area contributed by atoms with E-state index in [0.717, 1.165) is 33.5 Å². The summed E-state index contributed by atoms with van der Waals surface area (Å²) in [7, 11) is 0. The van der Waals surface area contributed by atoms with Crippen LogP contribution in [-0.4, -0.2) is 18.9 Å². The van der Waals surface area contributed by atoms with Crippen LogP contribution in [0.25, 0.3) is 121 Å². The largest absolute Gasteiger partial charge is 0.308 e. The molecule has 0 unspecified atom stereocenters. The van der Waals surface area contributed by atoms with E-state index in [2.05, 4.69) is 142 Å². The van der Waals surface area contributed by atoms with Gasteiger partial charge in [-0.05, 0) is 47.9 Å². The molecule has 4 heteroatoms. The number of hydrogen-bond donors (Lipinski definition) is 0. The fourth-order valence-electron chi connectivity index (χ4n) is 9.36. The van der Waals surface area contributed by atoms with Gasteiger partial charge in [0.25, 0.3) is 0 Å². The van der Waals surface area contributed by atoms with Crippen molar-refractivity contribution in [1.29, 1.82) is 0 Å². The molecule has 12 aromatic rings. The highest BCUT2D eigenvalue weighted by molar-refractivity contribution is 6.35. The number of hydrogen-bond acceptors (Lipinski definition) is 2. The van der Waals surface area contributed by atoms with E-state index in [9.17, 15) is 0 Å². The van der Waals surface area contributed by atoms with Crippen molar-refractivity contribution in [1.82, 2.24) is 18.9 Å². The Morgan fingerprint density at radius 2 is 1.02 bits per heavy atom. The third kappa shape index (κ3) is 2.84. The van der Waals surface area contributed by atoms with Gasteiger partial charge < -0.3 is 8.97 Å². The Kier molecular flexibility index (Phi) is 4.36. The van der Waals surface area contributed by atoms with Crippen molar-refractivity contribution < 1.29 is 0 Å². The van der Waals surface area contributed by atoms with Gasteiger partial charge in [-0.3, -0.25) is 0 Å². The molecule has 4 heterocycles. The van der Waals surface area contributed by atoms with Crippen LogP contribution in [0.3, 0.4) is 0 Å². The van der Waals surface area contributed by atoms with Gasteiger partial charge in [0.1, 0.15) is 0 Å². The summed E-state index contributed by atoms with van der Waals surface area (Å²) in [6.07, 6.45) is 0. The molecule has 0 saturated carbocycles. The molecule has 0 fully saturated rings. The van der Waals surface area contributed by atoms with Gasteiger partial charge in [-0.1, -0.05) is 103 Å². The molecule has 0 saturated heterocycles. The number of nitrogens with zero attached hydrogens (tertiary/aromatic N) is 4. The van der Waals surface area contributed by atoms with E-state index < -0.39 is 0 Å². The Morgan fingerprint density at radius 1 is 0.380 bits per heavy atom. The zero-order valence-electron chi connectivity index (χ0n) is 26.6. The van der Waals surface area contributed by atoms with E-state index in [1.165, 1.54) is 87.1 Å². The molecule has 1 aliphatic carbocycles. The first-order valence-corrected chi connectivity index (χ1v) is 17.2. The second-order valence-corrected chi connectivity index (χ2v) is 13.7. The summed E-state index contributed by atoms with van der Waals surface area (Å²) in [4.78, 5) is 10.3. The lowest BCUT2D eigenvalue weighted by Gasteiger charge is -2.15. The van der Waals surface area contributed by atoms with Gasteiger partial charge in [0, 0.05) is 59.6 Å². The summed E-state index contributed by atoms with van der Waals surface area (Å²) in [6, 6.07) is 53.2. The minimum atomic E-state index is 0.922. The van der Waals surface area contributed by atoms with Crippen molar-refractivity contribution in [2.45, 2.75) is 0 Å². The van der Waals surface area contributed by atoms with E-state index in [-0.39, 0.29) is 0 Å². The van der Waals surface area contributed by atoms with Crippen LogP contribution in [0.15, 0.2) is 146 Å². The van der Waals surface area contributed by atoms with Crippen LogP contribution in [0.5, 0.6) is 0 Å². The van der Waals surface area contributed by atoms with Gasteiger partial charge in [0.05, 0.1) is 55.7 Å². The Hall–Kier alpha value is -6.78. The van der Waals surface area contributed by atoms with Gasteiger partial charge in [-0.2, -0.15) is 0 Å². The second kappa shape index (κ2) is 8.62. The smallest absolute Gasteiger partial charge is 0.0979 e. The van der Waals surface area contributed by atoms with Gasteiger partial charge in [0.15, 0.2) is 0 Å². The van der Waals surface area contributed by atoms with Crippen molar-refractivity contribution in [2.75, 3.05) is 0 Å². The number of fused-ring (bicyclic) bond motifs is 16. The van der Waals surface area contributed by atoms with Crippen LogP contribution in [0, 0.1) is 0 Å². The quantitative estimate of drug-likeness (QED) is 0.180. The van der Waals surface area contributed by atoms with Crippen LogP contribution in [0.2, 0.25) is 0 Å². The maximum Gasteiger partial charge on any atom is 0.0979 e. The summed E-state index contributed by atoms with van der Waals surface area (Å²) >= 11 is 0. The molecule has 0 spiro atoms. The van der Waals surface area contributed by atoms with E-state index in [0.29, 0.717) is 0 Å². The van der Waals surface area contributed by atoms with Crippen molar-refractivity contribution in [3.05, 3.63) is 146 Å². The van der Waals surface area contributed by atoms with Crippen LogP contribution in [-0.2, 0) is 0 Å². The SMILES string of the molecule is c1ccc2c(c1)ccc1c3cc4c5ccccc5n5c6ccccc6c(c3n(-c3ccc6c7c(cccc37)-c3nc7ccccc7nc3-6)c21)c45. The average molecular weight is 633 g/mol. The molecule has 228 valence electrons. The fourth-order valence-corrected chi connectivity index (χ4v) is 9.36. The first kappa shape index (κ1) is 25.3. The molecule has 0 atom stereocenters. The summed E-state index contributed by atoms with van der Waals surface area (Å²) in [5.74, 6) is 0. The summed E-state index contributed by atoms with van der Waals surface area (Å²) in [5.41, 5.74) is 13.5. The topological polar surface area (TPSA) is 35.1 Å². The van der Waals surface area contributed by atoms with Crippen LogP contribution >= 0.6 is 0 Å². The lowest BCUT2D eigenvalue weighted by atomic mass is 10.0. The molecule has 0 radical (unpaired) electrons. The second-order valence-electron chi connectivity index (χ2n) is 13.7. The molecule has 8 aromatic carbocycles. The Labute approximate surface area is 284 Å². The van der Waals surface area contributed by atoms with Crippen LogP contribution < -0.4 is 0 Å². The lowest BCUT2D eigenvalue weighted by Crippen LogP contribution is -1.97. The standard InChI is InChI=1S/C46H24N4/c1-2-11-26-25(10-1)20-21-28-34-24-33-27-12-3-7-18-37(27)49-38-19-8-4-13-30(38)41(45(33)49)46(34)50(44(26)28)39-23-22-32-40-29(39)14-9-15-31(40)42-43(32)48-36-17-6-5-16-35(36)47-42/h1-24H. The highest BCUT2D eigenvalue weighted by Gasteiger charge is 2.29. The highest BCUT2D eigenvalue weighted by Crippen LogP contribution is 2.51. The van der Waals surface area contributed by atoms with Gasteiger partial charge >= 0.3 is 0 Å². The summed E-state index contributed by atoms with van der Waals surface area (Å²) in [5, 5.41) is 12.6. The molecule has 0 bridgehead atoms. The van der Waals surface area contributed by atoms with Gasteiger partial charge in [-0.25, -0.2) is 9.97 Å². The molecule has 50 heavy (non-hydrogen) atoms. The first-order chi connectivity index (χ1) is 24.8. The third-order valence-electron chi connectivity index (χ3n) is 11.3. The number of para-hydroxylation sites is 4. The molecule has 0 N–H and O–H groups in total. The van der Waals surface area contributed by atoms with E-state index in [1.54, 1.807) is 0 Å². The zero-order chi connectivity index (χ0) is 32.2. The molecule has 0 amide bonds. The van der Waals surface area contributed by atoms with Gasteiger partial charge in [-0.15, -0.1) is 0 Å². The molecule has 4 aromatic heterocycles. The van der Waals surface area contributed by atoms with Crippen molar-refractivity contribution in [3.8, 4) is 28.2 Å². The van der Waals surface area contributed by atoms with Crippen LogP contribution in [0.4, 0.5) is 0 Å². The molecular weight excluding hydrogens is 609 g/mol. The number of aromatic nitrogens is 4. The molecule has 1 aliphatic rings. The minimum Gasteiger partial charge on any atom is -0.308 e. The summed E-state index contributed by atoms with van der Waals surface area (Å²) < 4.78 is 5.07. The Morgan fingerprint density at radius 3 is 1.84 bits per heavy atom. The first-order valence-electron chi connectivity index (χ1n) is 17.2. The Bertz CT molecular complexity index is 3440. The normalized spacial score (nSPS) is 12.8. The van der Waals surface area contributed by atoms with Crippen molar-refractivity contribution in [2.24, 2.45) is 0 Å². The van der Waals surface area contributed by atoms with E-state index >= 15 is 0 Å². The van der Waals surface area contributed by atoms with Crippen molar-refractivity contribution in [3.63, 3.8) is 0 Å². The number of benzene rings is 8. The molecule has 4 nitrogen and oxygen atoms in total. The zero-order valence-corrected chi connectivity index (χ0v) is 26.6. The predicted octanol–water partition coefficient (Wildman–Crippen LogP) is 11.8. The van der Waals surface area contributed by atoms with Crippen molar-refractivity contribution >= 4 is 92.5 Å². The monoisotopic (exact) mass is 632 g/mol. The summed E-state index contributed by atoms with van der Waals surface area (Å²) in [6.45, 7) is 0. The van der Waals surface area contributed by atoms with E-state index in [4.69, 9.17) is 9.97 Å². The predicted molar refractivity (Wildman–Crippen MR) is 208 cm³/mol. The maximum atomic E-state index is 5.17. The average Bonchev–Trinajstić information content (AvgIpc) is 3.89. The third-order valence-corrected chi connectivity index (χ3v) is 11.3. The molecule has 13 rings (SSSR count). The fraction of sp³-hybridized carbons (Fsp3) is 0. The Balaban J connectivity index is 1.28. The lowest BCUT2D eigenvalue weighted by molar-refractivity contribution is 1.21. The van der Waals surface area contributed by atoms with Gasteiger partial charge in [0.2, 0.25) is 0 Å². The molecule has 0 aliphatic heterocycles. The van der Waals surface area contributed by atoms with Crippen LogP contribution in [0.1, 0.15) is 0 Å².